The summed E-state index contributed by atoms with van der Waals surface area (Å²) in [4.78, 5) is 0.119. The fourth-order valence-electron chi connectivity index (χ4n) is 1.92. The highest BCUT2D eigenvalue weighted by atomic mass is 35.5. The van der Waals surface area contributed by atoms with E-state index >= 15 is 0 Å². The second-order valence-electron chi connectivity index (χ2n) is 4.73. The lowest BCUT2D eigenvalue weighted by Crippen LogP contribution is -2.41. The van der Waals surface area contributed by atoms with Crippen LogP contribution in [0.4, 0.5) is 0 Å². The first kappa shape index (κ1) is 13.8. The number of sulfonamides is 1. The van der Waals surface area contributed by atoms with Crippen molar-refractivity contribution in [3.8, 4) is 0 Å². The van der Waals surface area contributed by atoms with Crippen molar-refractivity contribution in [2.24, 2.45) is 11.7 Å². The lowest BCUT2D eigenvalue weighted by atomic mass is 10.2. The first-order valence-corrected chi connectivity index (χ1v) is 7.78. The van der Waals surface area contributed by atoms with Crippen LogP contribution in [-0.4, -0.2) is 21.0 Å². The summed E-state index contributed by atoms with van der Waals surface area (Å²) in [6.45, 7) is 2.18. The molecule has 3 N–H and O–H groups in total. The zero-order valence-corrected chi connectivity index (χ0v) is 11.8. The van der Waals surface area contributed by atoms with Crippen LogP contribution in [0.15, 0.2) is 23.1 Å². The van der Waals surface area contributed by atoms with Gasteiger partial charge in [-0.05, 0) is 43.4 Å². The average Bonchev–Trinajstić information content (AvgIpc) is 3.09. The number of hydrogen-bond donors (Lipinski definition) is 2. The van der Waals surface area contributed by atoms with E-state index in [4.69, 9.17) is 17.3 Å². The van der Waals surface area contributed by atoms with Gasteiger partial charge in [-0.15, -0.1) is 0 Å². The molecule has 1 aliphatic carbocycles. The topological polar surface area (TPSA) is 72.2 Å². The van der Waals surface area contributed by atoms with E-state index in [0.29, 0.717) is 12.5 Å². The average molecular weight is 289 g/mol. The van der Waals surface area contributed by atoms with Crippen LogP contribution in [0.3, 0.4) is 0 Å². The quantitative estimate of drug-likeness (QED) is 0.865. The molecule has 0 bridgehead atoms. The van der Waals surface area contributed by atoms with Gasteiger partial charge in [-0.25, -0.2) is 13.1 Å². The molecule has 0 radical (unpaired) electrons. The van der Waals surface area contributed by atoms with Crippen molar-refractivity contribution in [3.05, 3.63) is 28.8 Å². The molecule has 18 heavy (non-hydrogen) atoms. The fourth-order valence-corrected chi connectivity index (χ4v) is 3.84. The molecule has 1 atom stereocenters. The minimum absolute atomic E-state index is 0.119. The van der Waals surface area contributed by atoms with Gasteiger partial charge in [-0.2, -0.15) is 0 Å². The van der Waals surface area contributed by atoms with Crippen LogP contribution in [0.1, 0.15) is 18.4 Å². The number of rotatable bonds is 5. The Balaban J connectivity index is 2.24. The van der Waals surface area contributed by atoms with Crippen molar-refractivity contribution < 1.29 is 8.42 Å². The van der Waals surface area contributed by atoms with Gasteiger partial charge in [0.25, 0.3) is 0 Å². The Morgan fingerprint density at radius 2 is 2.17 bits per heavy atom. The number of nitrogens with two attached hydrogens (primary N) is 1. The zero-order valence-electron chi connectivity index (χ0n) is 10.2. The third kappa shape index (κ3) is 3.03. The van der Waals surface area contributed by atoms with Crippen molar-refractivity contribution in [1.29, 1.82) is 0 Å². The minimum atomic E-state index is -3.59. The Kier molecular flexibility index (Phi) is 3.96. The van der Waals surface area contributed by atoms with Gasteiger partial charge >= 0.3 is 0 Å². The Morgan fingerprint density at radius 3 is 2.67 bits per heavy atom. The van der Waals surface area contributed by atoms with Crippen molar-refractivity contribution in [2.45, 2.75) is 30.7 Å². The maximum Gasteiger partial charge on any atom is 0.242 e. The summed E-state index contributed by atoms with van der Waals surface area (Å²) in [5, 5.41) is 0.245. The number of halogens is 1. The molecule has 2 rings (SSSR count). The molecule has 1 aromatic carbocycles. The Morgan fingerprint density at radius 1 is 1.50 bits per heavy atom. The third-order valence-electron chi connectivity index (χ3n) is 3.13. The zero-order chi connectivity index (χ0) is 13.3. The summed E-state index contributed by atoms with van der Waals surface area (Å²) in [6, 6.07) is 4.72. The lowest BCUT2D eigenvalue weighted by Gasteiger charge is -2.16. The molecule has 100 valence electrons. The van der Waals surface area contributed by atoms with Gasteiger partial charge in [-0.3, -0.25) is 0 Å². The summed E-state index contributed by atoms with van der Waals surface area (Å²) < 4.78 is 27.1. The summed E-state index contributed by atoms with van der Waals surface area (Å²) in [5.41, 5.74) is 6.53. The molecule has 1 aromatic rings. The van der Waals surface area contributed by atoms with E-state index in [1.54, 1.807) is 12.1 Å². The van der Waals surface area contributed by atoms with E-state index in [1.807, 2.05) is 6.92 Å². The molecule has 1 fully saturated rings. The van der Waals surface area contributed by atoms with Crippen LogP contribution < -0.4 is 10.5 Å². The Hall–Kier alpha value is -0.620. The van der Waals surface area contributed by atoms with E-state index in [-0.39, 0.29) is 16.0 Å². The van der Waals surface area contributed by atoms with E-state index in [1.165, 1.54) is 6.07 Å². The van der Waals surface area contributed by atoms with E-state index in [9.17, 15) is 8.42 Å². The van der Waals surface area contributed by atoms with E-state index in [2.05, 4.69) is 4.72 Å². The van der Waals surface area contributed by atoms with Crippen molar-refractivity contribution in [1.82, 2.24) is 4.72 Å². The van der Waals surface area contributed by atoms with Gasteiger partial charge in [0.15, 0.2) is 0 Å². The van der Waals surface area contributed by atoms with Crippen molar-refractivity contribution >= 4 is 21.6 Å². The minimum Gasteiger partial charge on any atom is -0.329 e. The van der Waals surface area contributed by atoms with Gasteiger partial charge < -0.3 is 5.73 Å². The standard InChI is InChI=1S/C12H17ClN2O2S/c1-8-2-5-12(10(13)6-8)18(16,17)15-11(7-14)9-3-4-9/h2,5-6,9,11,15H,3-4,7,14H2,1H3. The maximum atomic E-state index is 12.2. The van der Waals surface area contributed by atoms with Gasteiger partial charge in [0.05, 0.1) is 5.02 Å². The first-order valence-electron chi connectivity index (χ1n) is 5.92. The largest absolute Gasteiger partial charge is 0.329 e. The fraction of sp³-hybridized carbons (Fsp3) is 0.500. The lowest BCUT2D eigenvalue weighted by molar-refractivity contribution is 0.519. The highest BCUT2D eigenvalue weighted by molar-refractivity contribution is 7.89. The molecular weight excluding hydrogens is 272 g/mol. The third-order valence-corrected chi connectivity index (χ3v) is 5.10. The predicted molar refractivity (Wildman–Crippen MR) is 72.1 cm³/mol. The van der Waals surface area contributed by atoms with Crippen LogP contribution >= 0.6 is 11.6 Å². The maximum absolute atomic E-state index is 12.2. The van der Waals surface area contributed by atoms with Crippen LogP contribution in [0.2, 0.25) is 5.02 Å². The SMILES string of the molecule is Cc1ccc(S(=O)(=O)NC(CN)C2CC2)c(Cl)c1. The van der Waals surface area contributed by atoms with Crippen molar-refractivity contribution in [3.63, 3.8) is 0 Å². The number of hydrogen-bond acceptors (Lipinski definition) is 3. The Labute approximate surface area is 113 Å². The molecular formula is C12H17ClN2O2S. The summed E-state index contributed by atoms with van der Waals surface area (Å²) in [7, 11) is -3.59. The van der Waals surface area contributed by atoms with E-state index in [0.717, 1.165) is 18.4 Å². The molecule has 1 saturated carbocycles. The number of aryl methyl sites for hydroxylation is 1. The van der Waals surface area contributed by atoms with Gasteiger partial charge in [-0.1, -0.05) is 17.7 Å². The number of benzene rings is 1. The molecule has 0 amide bonds. The molecule has 0 heterocycles. The summed E-state index contributed by atoms with van der Waals surface area (Å²) in [5.74, 6) is 0.369. The Bertz CT molecular complexity index is 541. The van der Waals surface area contributed by atoms with E-state index < -0.39 is 10.0 Å². The van der Waals surface area contributed by atoms with Gasteiger partial charge in [0.1, 0.15) is 4.90 Å². The molecule has 6 heteroatoms. The summed E-state index contributed by atoms with van der Waals surface area (Å²) >= 11 is 5.99. The molecule has 1 aliphatic rings. The van der Waals surface area contributed by atoms with Gasteiger partial charge in [0.2, 0.25) is 10.0 Å². The second-order valence-corrected chi connectivity index (χ2v) is 6.82. The molecule has 0 saturated heterocycles. The highest BCUT2D eigenvalue weighted by Gasteiger charge is 2.33. The first-order chi connectivity index (χ1) is 8.44. The molecule has 0 aliphatic heterocycles. The van der Waals surface area contributed by atoms with Crippen LogP contribution in [0, 0.1) is 12.8 Å². The summed E-state index contributed by atoms with van der Waals surface area (Å²) in [6.07, 6.45) is 2.07. The monoisotopic (exact) mass is 288 g/mol. The smallest absolute Gasteiger partial charge is 0.242 e. The molecule has 0 aromatic heterocycles. The predicted octanol–water partition coefficient (Wildman–Crippen LogP) is 1.66. The highest BCUT2D eigenvalue weighted by Crippen LogP contribution is 2.33. The molecule has 1 unspecified atom stereocenters. The van der Waals surface area contributed by atoms with Crippen LogP contribution in [-0.2, 0) is 10.0 Å². The normalized spacial score (nSPS) is 17.7. The second kappa shape index (κ2) is 5.17. The van der Waals surface area contributed by atoms with Crippen LogP contribution in [0.25, 0.3) is 0 Å². The molecule has 0 spiro atoms. The van der Waals surface area contributed by atoms with Gasteiger partial charge in [0, 0.05) is 12.6 Å². The van der Waals surface area contributed by atoms with Crippen LogP contribution in [0.5, 0.6) is 0 Å². The number of nitrogens with one attached hydrogen (secondary N) is 1. The molecule has 4 nitrogen and oxygen atoms in total. The van der Waals surface area contributed by atoms with Crippen molar-refractivity contribution in [2.75, 3.05) is 6.54 Å².